The van der Waals surface area contributed by atoms with Crippen LogP contribution in [0.25, 0.3) is 20.7 Å². The number of nitrogens with one attached hydrogen (secondary N) is 1. The minimum atomic E-state index is 0.699. The fourth-order valence-electron chi connectivity index (χ4n) is 2.72. The zero-order valence-corrected chi connectivity index (χ0v) is 15.4. The minimum absolute atomic E-state index is 0.699. The van der Waals surface area contributed by atoms with Gasteiger partial charge in [0, 0.05) is 15.6 Å². The van der Waals surface area contributed by atoms with E-state index in [-0.39, 0.29) is 0 Å². The lowest BCUT2D eigenvalue weighted by Gasteiger charge is -2.10. The molecule has 0 bridgehead atoms. The second-order valence-corrected chi connectivity index (χ2v) is 7.37. The smallest absolute Gasteiger partial charge is 0.142 e. The first-order valence-corrected chi connectivity index (χ1v) is 9.16. The molecule has 3 nitrogen and oxygen atoms in total. The van der Waals surface area contributed by atoms with E-state index in [1.54, 1.807) is 11.3 Å². The van der Waals surface area contributed by atoms with Gasteiger partial charge in [-0.25, -0.2) is 9.97 Å². The van der Waals surface area contributed by atoms with Crippen LogP contribution in [0.1, 0.15) is 11.4 Å². The highest BCUT2D eigenvalue weighted by atomic mass is 35.5. The van der Waals surface area contributed by atoms with Crippen LogP contribution in [0.2, 0.25) is 5.02 Å². The summed E-state index contributed by atoms with van der Waals surface area (Å²) in [4.78, 5) is 11.4. The van der Waals surface area contributed by atoms with Gasteiger partial charge in [-0.1, -0.05) is 48.0 Å². The van der Waals surface area contributed by atoms with Crippen molar-refractivity contribution >= 4 is 44.7 Å². The quantitative estimate of drug-likeness (QED) is 0.458. The van der Waals surface area contributed by atoms with Gasteiger partial charge in [0.15, 0.2) is 0 Å². The predicted molar refractivity (Wildman–Crippen MR) is 107 cm³/mol. The number of hydrogen-bond donors (Lipinski definition) is 1. The predicted octanol–water partition coefficient (Wildman–Crippen LogP) is 6.37. The lowest BCUT2D eigenvalue weighted by Crippen LogP contribution is -1.99. The topological polar surface area (TPSA) is 37.8 Å². The molecule has 0 atom stereocenters. The summed E-state index contributed by atoms with van der Waals surface area (Å²) in [5, 5.41) is 5.15. The lowest BCUT2D eigenvalue weighted by atomic mass is 10.1. The first-order chi connectivity index (χ1) is 12.1. The maximum absolute atomic E-state index is 6.15. The van der Waals surface area contributed by atoms with Crippen LogP contribution in [0.4, 0.5) is 11.5 Å². The molecular formula is C20H16ClN3S. The van der Waals surface area contributed by atoms with Gasteiger partial charge in [-0.05, 0) is 43.2 Å². The first-order valence-electron chi connectivity index (χ1n) is 7.97. The molecule has 4 aromatic rings. The molecule has 1 N–H and O–H groups in total. The van der Waals surface area contributed by atoms with E-state index in [0.717, 1.165) is 33.1 Å². The van der Waals surface area contributed by atoms with Crippen molar-refractivity contribution in [2.45, 2.75) is 13.8 Å². The average Bonchev–Trinajstić information content (AvgIpc) is 3.03. The van der Waals surface area contributed by atoms with Crippen LogP contribution in [0.15, 0.2) is 54.6 Å². The van der Waals surface area contributed by atoms with Crippen LogP contribution in [-0.4, -0.2) is 9.97 Å². The van der Waals surface area contributed by atoms with E-state index >= 15 is 0 Å². The molecule has 0 amide bonds. The number of nitrogens with zero attached hydrogens (tertiary/aromatic N) is 2. The monoisotopic (exact) mass is 365 g/mol. The Morgan fingerprint density at radius 1 is 0.960 bits per heavy atom. The van der Waals surface area contributed by atoms with E-state index < -0.39 is 0 Å². The standard InChI is InChI=1S/C20H16ClN3S/c1-12-8-9-15(21)10-17(12)24-19-16-11-18(14-6-4-3-5-7-14)25-20(16)23-13(2)22-19/h3-11H,1-2H3,(H,22,23,24). The molecule has 2 aromatic carbocycles. The van der Waals surface area contributed by atoms with Crippen molar-refractivity contribution in [1.82, 2.24) is 9.97 Å². The Hall–Kier alpha value is -2.43. The summed E-state index contributed by atoms with van der Waals surface area (Å²) < 4.78 is 0. The van der Waals surface area contributed by atoms with E-state index in [2.05, 4.69) is 33.5 Å². The Balaban J connectivity index is 1.83. The second kappa shape index (κ2) is 6.47. The van der Waals surface area contributed by atoms with Crippen LogP contribution in [0.5, 0.6) is 0 Å². The summed E-state index contributed by atoms with van der Waals surface area (Å²) in [6.07, 6.45) is 0. The number of anilines is 2. The molecule has 2 heterocycles. The lowest BCUT2D eigenvalue weighted by molar-refractivity contribution is 1.10. The molecule has 25 heavy (non-hydrogen) atoms. The molecule has 5 heteroatoms. The summed E-state index contributed by atoms with van der Waals surface area (Å²) in [5.74, 6) is 1.56. The van der Waals surface area contributed by atoms with Crippen molar-refractivity contribution in [3.8, 4) is 10.4 Å². The van der Waals surface area contributed by atoms with Crippen molar-refractivity contribution in [3.63, 3.8) is 0 Å². The Bertz CT molecular complexity index is 1060. The normalized spacial score (nSPS) is 11.0. The highest BCUT2D eigenvalue weighted by Gasteiger charge is 2.12. The van der Waals surface area contributed by atoms with Crippen molar-refractivity contribution in [1.29, 1.82) is 0 Å². The van der Waals surface area contributed by atoms with Crippen LogP contribution in [0, 0.1) is 13.8 Å². The van der Waals surface area contributed by atoms with E-state index in [1.165, 1.54) is 10.4 Å². The van der Waals surface area contributed by atoms with Gasteiger partial charge in [0.2, 0.25) is 0 Å². The van der Waals surface area contributed by atoms with Gasteiger partial charge in [-0.2, -0.15) is 0 Å². The van der Waals surface area contributed by atoms with Crippen molar-refractivity contribution in [3.05, 3.63) is 71.0 Å². The number of halogens is 1. The molecule has 2 aromatic heterocycles. The molecule has 0 spiro atoms. The van der Waals surface area contributed by atoms with Gasteiger partial charge in [-0.3, -0.25) is 0 Å². The molecule has 0 aliphatic rings. The fourth-order valence-corrected chi connectivity index (χ4v) is 3.98. The molecule has 0 unspecified atom stereocenters. The maximum Gasteiger partial charge on any atom is 0.142 e. The molecule has 0 aliphatic heterocycles. The van der Waals surface area contributed by atoms with Gasteiger partial charge in [-0.15, -0.1) is 11.3 Å². The minimum Gasteiger partial charge on any atom is -0.339 e. The third kappa shape index (κ3) is 3.23. The Kier molecular flexibility index (Phi) is 4.15. The summed E-state index contributed by atoms with van der Waals surface area (Å²) in [7, 11) is 0. The van der Waals surface area contributed by atoms with Gasteiger partial charge in [0.25, 0.3) is 0 Å². The number of benzene rings is 2. The van der Waals surface area contributed by atoms with Gasteiger partial charge in [0.1, 0.15) is 16.5 Å². The van der Waals surface area contributed by atoms with E-state index in [4.69, 9.17) is 11.6 Å². The first kappa shape index (κ1) is 16.1. The maximum atomic E-state index is 6.15. The third-order valence-corrected chi connectivity index (χ3v) is 5.33. The van der Waals surface area contributed by atoms with Crippen molar-refractivity contribution in [2.24, 2.45) is 0 Å². The molecule has 0 radical (unpaired) electrons. The third-order valence-electron chi connectivity index (χ3n) is 4.02. The van der Waals surface area contributed by atoms with E-state index in [1.807, 2.05) is 50.2 Å². The highest BCUT2D eigenvalue weighted by molar-refractivity contribution is 7.21. The van der Waals surface area contributed by atoms with E-state index in [0.29, 0.717) is 5.02 Å². The number of fused-ring (bicyclic) bond motifs is 1. The fraction of sp³-hybridized carbons (Fsp3) is 0.100. The van der Waals surface area contributed by atoms with Gasteiger partial charge >= 0.3 is 0 Å². The number of aromatic nitrogens is 2. The molecule has 124 valence electrons. The Labute approximate surface area is 155 Å². The Morgan fingerprint density at radius 3 is 2.56 bits per heavy atom. The largest absolute Gasteiger partial charge is 0.339 e. The summed E-state index contributed by atoms with van der Waals surface area (Å²) in [6, 6.07) is 18.3. The van der Waals surface area contributed by atoms with Crippen LogP contribution in [-0.2, 0) is 0 Å². The van der Waals surface area contributed by atoms with E-state index in [9.17, 15) is 0 Å². The van der Waals surface area contributed by atoms with Crippen LogP contribution >= 0.6 is 22.9 Å². The number of aryl methyl sites for hydroxylation is 2. The number of thiophene rings is 1. The van der Waals surface area contributed by atoms with Gasteiger partial charge in [0.05, 0.1) is 5.39 Å². The summed E-state index contributed by atoms with van der Waals surface area (Å²) in [6.45, 7) is 3.96. The zero-order chi connectivity index (χ0) is 17.4. The van der Waals surface area contributed by atoms with Crippen LogP contribution in [0.3, 0.4) is 0 Å². The average molecular weight is 366 g/mol. The SMILES string of the molecule is Cc1nc(Nc2cc(Cl)ccc2C)c2cc(-c3ccccc3)sc2n1. The van der Waals surface area contributed by atoms with Crippen molar-refractivity contribution in [2.75, 3.05) is 5.32 Å². The highest BCUT2D eigenvalue weighted by Crippen LogP contribution is 2.36. The molecule has 0 fully saturated rings. The molecule has 0 aliphatic carbocycles. The number of hydrogen-bond acceptors (Lipinski definition) is 4. The molecule has 4 rings (SSSR count). The second-order valence-electron chi connectivity index (χ2n) is 5.90. The van der Waals surface area contributed by atoms with Gasteiger partial charge < -0.3 is 5.32 Å². The number of rotatable bonds is 3. The molecule has 0 saturated carbocycles. The molecule has 0 saturated heterocycles. The Morgan fingerprint density at radius 2 is 1.76 bits per heavy atom. The molecular weight excluding hydrogens is 350 g/mol. The summed E-state index contributed by atoms with van der Waals surface area (Å²) in [5.41, 5.74) is 3.26. The summed E-state index contributed by atoms with van der Waals surface area (Å²) >= 11 is 7.83. The van der Waals surface area contributed by atoms with Crippen molar-refractivity contribution < 1.29 is 0 Å². The van der Waals surface area contributed by atoms with Crippen LogP contribution < -0.4 is 5.32 Å². The zero-order valence-electron chi connectivity index (χ0n) is 13.9.